The molecule has 0 spiro atoms. The van der Waals surface area contributed by atoms with Crippen molar-refractivity contribution < 1.29 is 14.3 Å². The Hall–Kier alpha value is -3.82. The highest BCUT2D eigenvalue weighted by molar-refractivity contribution is 9.10. The largest absolute Gasteiger partial charge is 0.493 e. The van der Waals surface area contributed by atoms with Crippen LogP contribution in [-0.2, 0) is 11.4 Å². The SMILES string of the molecule is COc1cc(/C=N\NC(=O)CSc2nc3ccccc3[nH]2)cc(Br)c1OCc1cccc2ccccc12. The van der Waals surface area contributed by atoms with Crippen molar-refractivity contribution in [2.45, 2.75) is 11.8 Å². The topological polar surface area (TPSA) is 88.6 Å². The van der Waals surface area contributed by atoms with E-state index in [-0.39, 0.29) is 11.7 Å². The van der Waals surface area contributed by atoms with E-state index in [0.29, 0.717) is 23.3 Å². The summed E-state index contributed by atoms with van der Waals surface area (Å²) in [5.41, 5.74) is 6.18. The molecule has 37 heavy (non-hydrogen) atoms. The number of hydrogen-bond acceptors (Lipinski definition) is 6. The van der Waals surface area contributed by atoms with E-state index >= 15 is 0 Å². The molecule has 1 aromatic heterocycles. The summed E-state index contributed by atoms with van der Waals surface area (Å²) in [6.45, 7) is 0.392. The molecule has 0 aliphatic rings. The van der Waals surface area contributed by atoms with Gasteiger partial charge < -0.3 is 14.5 Å². The van der Waals surface area contributed by atoms with Gasteiger partial charge in [-0.3, -0.25) is 4.79 Å². The third-order valence-corrected chi connectivity index (χ3v) is 7.08. The number of thioether (sulfide) groups is 1. The monoisotopic (exact) mass is 574 g/mol. The number of fused-ring (bicyclic) bond motifs is 2. The van der Waals surface area contributed by atoms with Crippen molar-refractivity contribution in [3.05, 3.63) is 94.5 Å². The van der Waals surface area contributed by atoms with Crippen LogP contribution in [0.2, 0.25) is 0 Å². The number of nitrogens with one attached hydrogen (secondary N) is 2. The number of benzene rings is 4. The van der Waals surface area contributed by atoms with Crippen LogP contribution in [0.5, 0.6) is 11.5 Å². The Morgan fingerprint density at radius 2 is 1.92 bits per heavy atom. The second kappa shape index (κ2) is 11.5. The molecule has 5 aromatic rings. The van der Waals surface area contributed by atoms with Gasteiger partial charge in [0.15, 0.2) is 16.7 Å². The fraction of sp³-hybridized carbons (Fsp3) is 0.107. The summed E-state index contributed by atoms with van der Waals surface area (Å²) in [6, 6.07) is 25.8. The maximum Gasteiger partial charge on any atom is 0.250 e. The van der Waals surface area contributed by atoms with Crippen LogP contribution in [0, 0.1) is 0 Å². The van der Waals surface area contributed by atoms with Gasteiger partial charge >= 0.3 is 0 Å². The second-order valence-electron chi connectivity index (χ2n) is 8.10. The van der Waals surface area contributed by atoms with Gasteiger partial charge in [0.05, 0.1) is 34.6 Å². The van der Waals surface area contributed by atoms with E-state index < -0.39 is 0 Å². The first kappa shape index (κ1) is 24.9. The molecule has 5 rings (SSSR count). The number of halogens is 1. The first-order chi connectivity index (χ1) is 18.1. The second-order valence-corrected chi connectivity index (χ2v) is 9.92. The van der Waals surface area contributed by atoms with Crippen molar-refractivity contribution in [1.82, 2.24) is 15.4 Å². The fourth-order valence-electron chi connectivity index (χ4n) is 3.87. The summed E-state index contributed by atoms with van der Waals surface area (Å²) >= 11 is 4.90. The minimum absolute atomic E-state index is 0.186. The zero-order valence-corrected chi connectivity index (χ0v) is 22.3. The number of aromatic nitrogens is 2. The average Bonchev–Trinajstić information content (AvgIpc) is 3.34. The molecule has 9 heteroatoms. The highest BCUT2D eigenvalue weighted by Gasteiger charge is 2.13. The maximum absolute atomic E-state index is 12.2. The highest BCUT2D eigenvalue weighted by Crippen LogP contribution is 2.37. The molecule has 4 aromatic carbocycles. The molecule has 1 heterocycles. The van der Waals surface area contributed by atoms with Gasteiger partial charge in [0, 0.05) is 0 Å². The van der Waals surface area contributed by atoms with E-state index in [2.05, 4.69) is 60.7 Å². The van der Waals surface area contributed by atoms with Crippen LogP contribution in [0.25, 0.3) is 21.8 Å². The smallest absolute Gasteiger partial charge is 0.250 e. The summed E-state index contributed by atoms with van der Waals surface area (Å²) < 4.78 is 12.4. The standard InChI is InChI=1S/C28H23BrN4O3S/c1-35-25-14-18(15-30-33-26(34)17-37-28-31-23-11-4-5-12-24(23)32-28)13-22(29)27(25)36-16-20-9-6-8-19-7-2-3-10-21(19)20/h2-15H,16-17H2,1H3,(H,31,32)(H,33,34)/b30-15-. The zero-order chi connectivity index (χ0) is 25.6. The van der Waals surface area contributed by atoms with Crippen molar-refractivity contribution in [2.75, 3.05) is 12.9 Å². The van der Waals surface area contributed by atoms with Gasteiger partial charge in [-0.25, -0.2) is 10.4 Å². The van der Waals surface area contributed by atoms with Crippen LogP contribution in [0.15, 0.2) is 93.6 Å². The van der Waals surface area contributed by atoms with E-state index in [1.807, 2.05) is 54.6 Å². The number of rotatable bonds is 9. The van der Waals surface area contributed by atoms with Crippen LogP contribution in [-0.4, -0.2) is 35.0 Å². The lowest BCUT2D eigenvalue weighted by atomic mass is 10.1. The van der Waals surface area contributed by atoms with Crippen LogP contribution >= 0.6 is 27.7 Å². The Balaban J connectivity index is 1.20. The highest BCUT2D eigenvalue weighted by atomic mass is 79.9. The zero-order valence-electron chi connectivity index (χ0n) is 19.9. The molecule has 1 amide bonds. The quantitative estimate of drug-likeness (QED) is 0.122. The van der Waals surface area contributed by atoms with Crippen molar-refractivity contribution >= 4 is 61.6 Å². The molecular weight excluding hydrogens is 552 g/mol. The number of carbonyl (C=O) groups excluding carboxylic acids is 1. The predicted octanol–water partition coefficient (Wildman–Crippen LogP) is 6.31. The average molecular weight is 575 g/mol. The molecule has 0 aliphatic heterocycles. The van der Waals surface area contributed by atoms with Gasteiger partial charge in [-0.2, -0.15) is 5.10 Å². The van der Waals surface area contributed by atoms with E-state index in [1.165, 1.54) is 17.1 Å². The molecular formula is C28H23BrN4O3S. The lowest BCUT2D eigenvalue weighted by Crippen LogP contribution is -2.19. The number of aromatic amines is 1. The minimum atomic E-state index is -0.234. The molecule has 0 saturated heterocycles. The van der Waals surface area contributed by atoms with Gasteiger partial charge in [-0.1, -0.05) is 66.4 Å². The van der Waals surface area contributed by atoms with Crippen molar-refractivity contribution in [2.24, 2.45) is 5.10 Å². The van der Waals surface area contributed by atoms with Gasteiger partial charge in [0.25, 0.3) is 5.91 Å². The van der Waals surface area contributed by atoms with Gasteiger partial charge in [0.1, 0.15) is 6.61 Å². The molecule has 186 valence electrons. The van der Waals surface area contributed by atoms with Gasteiger partial charge in [-0.15, -0.1) is 0 Å². The normalized spacial score (nSPS) is 11.3. The van der Waals surface area contributed by atoms with Crippen LogP contribution < -0.4 is 14.9 Å². The first-order valence-electron chi connectivity index (χ1n) is 11.5. The molecule has 0 unspecified atom stereocenters. The number of para-hydroxylation sites is 2. The number of imidazole rings is 1. The van der Waals surface area contributed by atoms with E-state index in [1.54, 1.807) is 13.3 Å². The maximum atomic E-state index is 12.2. The molecule has 0 fully saturated rings. The van der Waals surface area contributed by atoms with Crippen molar-refractivity contribution in [3.8, 4) is 11.5 Å². The predicted molar refractivity (Wildman–Crippen MR) is 152 cm³/mol. The lowest BCUT2D eigenvalue weighted by Gasteiger charge is -2.14. The molecule has 7 nitrogen and oxygen atoms in total. The molecule has 0 bridgehead atoms. The molecule has 2 N–H and O–H groups in total. The van der Waals surface area contributed by atoms with Crippen molar-refractivity contribution in [1.29, 1.82) is 0 Å². The van der Waals surface area contributed by atoms with E-state index in [4.69, 9.17) is 9.47 Å². The number of nitrogens with zero attached hydrogens (tertiary/aromatic N) is 2. The Bertz CT molecular complexity index is 1560. The number of ether oxygens (including phenoxy) is 2. The fourth-order valence-corrected chi connectivity index (χ4v) is 5.12. The third kappa shape index (κ3) is 5.95. The summed E-state index contributed by atoms with van der Waals surface area (Å²) in [5.74, 6) is 1.11. The number of hydrazone groups is 1. The Morgan fingerprint density at radius 1 is 1.11 bits per heavy atom. The van der Waals surface area contributed by atoms with Crippen LogP contribution in [0.3, 0.4) is 0 Å². The Labute approximate surface area is 226 Å². The van der Waals surface area contributed by atoms with E-state index in [9.17, 15) is 4.79 Å². The van der Waals surface area contributed by atoms with Crippen LogP contribution in [0.1, 0.15) is 11.1 Å². The van der Waals surface area contributed by atoms with Gasteiger partial charge in [0.2, 0.25) is 0 Å². The molecule has 0 aliphatic carbocycles. The third-order valence-electron chi connectivity index (χ3n) is 5.61. The lowest BCUT2D eigenvalue weighted by molar-refractivity contribution is -0.118. The summed E-state index contributed by atoms with van der Waals surface area (Å²) in [6.07, 6.45) is 1.56. The summed E-state index contributed by atoms with van der Waals surface area (Å²) in [4.78, 5) is 19.9. The number of hydrogen-bond donors (Lipinski definition) is 2. The Kier molecular flexibility index (Phi) is 7.72. The Morgan fingerprint density at radius 3 is 2.78 bits per heavy atom. The number of amides is 1. The molecule has 0 atom stereocenters. The number of H-pyrrole nitrogens is 1. The van der Waals surface area contributed by atoms with Gasteiger partial charge in [-0.05, 0) is 62.1 Å². The number of methoxy groups -OCH3 is 1. The van der Waals surface area contributed by atoms with Crippen LogP contribution in [0.4, 0.5) is 0 Å². The minimum Gasteiger partial charge on any atom is -0.493 e. The molecule has 0 radical (unpaired) electrons. The van der Waals surface area contributed by atoms with E-state index in [0.717, 1.165) is 32.0 Å². The summed E-state index contributed by atoms with van der Waals surface area (Å²) in [7, 11) is 1.59. The summed E-state index contributed by atoms with van der Waals surface area (Å²) in [5, 5.41) is 7.09. The first-order valence-corrected chi connectivity index (χ1v) is 13.2. The molecule has 0 saturated carbocycles. The number of carbonyl (C=O) groups is 1. The van der Waals surface area contributed by atoms with Crippen molar-refractivity contribution in [3.63, 3.8) is 0 Å².